The lowest BCUT2D eigenvalue weighted by molar-refractivity contribution is 0.0759. The van der Waals surface area contributed by atoms with Gasteiger partial charge in [-0.15, -0.1) is 0 Å². The maximum Gasteiger partial charge on any atom is 0.253 e. The zero-order chi connectivity index (χ0) is 18.0. The number of rotatable bonds is 3. The van der Waals surface area contributed by atoms with Crippen LogP contribution in [0.25, 0.3) is 11.1 Å². The molecule has 2 aromatic rings. The van der Waals surface area contributed by atoms with E-state index < -0.39 is 0 Å². The highest BCUT2D eigenvalue weighted by Crippen LogP contribution is 2.27. The average molecular weight is 341 g/mol. The van der Waals surface area contributed by atoms with Gasteiger partial charge in [0.2, 0.25) is 0 Å². The van der Waals surface area contributed by atoms with E-state index in [1.54, 1.807) is 0 Å². The van der Waals surface area contributed by atoms with Gasteiger partial charge in [-0.3, -0.25) is 9.69 Å². The third-order valence-electron chi connectivity index (χ3n) is 5.00. The Kier molecular flexibility index (Phi) is 5.23. The first-order chi connectivity index (χ1) is 12.0. The van der Waals surface area contributed by atoms with Gasteiger partial charge in [0.25, 0.3) is 5.91 Å². The topological polar surface area (TPSA) is 49.6 Å². The van der Waals surface area contributed by atoms with Gasteiger partial charge in [-0.05, 0) is 51.8 Å². The van der Waals surface area contributed by atoms with Crippen LogP contribution in [0.15, 0.2) is 28.8 Å². The minimum absolute atomic E-state index is 0.121. The van der Waals surface area contributed by atoms with Gasteiger partial charge in [-0.1, -0.05) is 17.3 Å². The summed E-state index contributed by atoms with van der Waals surface area (Å²) in [6.45, 7) is 11.9. The summed E-state index contributed by atoms with van der Waals surface area (Å²) in [5, 5.41) is 4.00. The maximum atomic E-state index is 12.8. The van der Waals surface area contributed by atoms with E-state index in [0.717, 1.165) is 60.7 Å². The minimum atomic E-state index is 0.121. The molecule has 5 nitrogen and oxygen atoms in total. The lowest BCUT2D eigenvalue weighted by Crippen LogP contribution is -2.37. The Bertz CT molecular complexity index is 714. The molecular formula is C20H27N3O2. The van der Waals surface area contributed by atoms with Crippen molar-refractivity contribution in [3.63, 3.8) is 0 Å². The monoisotopic (exact) mass is 341 g/mol. The Morgan fingerprint density at radius 1 is 1.08 bits per heavy atom. The van der Waals surface area contributed by atoms with Crippen LogP contribution in [0.5, 0.6) is 0 Å². The molecule has 1 aliphatic heterocycles. The second-order valence-corrected chi connectivity index (χ2v) is 7.05. The van der Waals surface area contributed by atoms with Crippen molar-refractivity contribution < 1.29 is 9.32 Å². The average Bonchev–Trinajstić information content (AvgIpc) is 2.80. The summed E-state index contributed by atoms with van der Waals surface area (Å²) >= 11 is 0. The molecule has 134 valence electrons. The summed E-state index contributed by atoms with van der Waals surface area (Å²) in [4.78, 5) is 17.3. The van der Waals surface area contributed by atoms with E-state index in [4.69, 9.17) is 4.52 Å². The molecule has 0 bridgehead atoms. The zero-order valence-electron chi connectivity index (χ0n) is 15.6. The van der Waals surface area contributed by atoms with E-state index in [-0.39, 0.29) is 5.91 Å². The predicted molar refractivity (Wildman–Crippen MR) is 98.6 cm³/mol. The fraction of sp³-hybridized carbons (Fsp3) is 0.500. The number of aromatic nitrogens is 1. The van der Waals surface area contributed by atoms with Crippen LogP contribution >= 0.6 is 0 Å². The second-order valence-electron chi connectivity index (χ2n) is 7.05. The van der Waals surface area contributed by atoms with E-state index in [2.05, 4.69) is 23.9 Å². The fourth-order valence-corrected chi connectivity index (χ4v) is 3.51. The summed E-state index contributed by atoms with van der Waals surface area (Å²) in [5.41, 5.74) is 3.67. The SMILES string of the molecule is Cc1noc(C)c1-c1ccc(C(=O)N2CCCN(C(C)C)CC2)cc1. The molecule has 0 aliphatic carbocycles. The Balaban J connectivity index is 1.73. The molecule has 0 radical (unpaired) electrons. The van der Waals surface area contributed by atoms with Gasteiger partial charge in [0.05, 0.1) is 5.69 Å². The van der Waals surface area contributed by atoms with Crippen LogP contribution < -0.4 is 0 Å². The molecule has 0 spiro atoms. The van der Waals surface area contributed by atoms with Gasteiger partial charge >= 0.3 is 0 Å². The van der Waals surface area contributed by atoms with Crippen molar-refractivity contribution in [1.82, 2.24) is 15.0 Å². The Morgan fingerprint density at radius 2 is 1.80 bits per heavy atom. The first-order valence-electron chi connectivity index (χ1n) is 9.04. The molecule has 2 heterocycles. The highest BCUT2D eigenvalue weighted by molar-refractivity contribution is 5.94. The number of benzene rings is 1. The summed E-state index contributed by atoms with van der Waals surface area (Å²) < 4.78 is 5.24. The fourth-order valence-electron chi connectivity index (χ4n) is 3.51. The number of carbonyl (C=O) groups excluding carboxylic acids is 1. The van der Waals surface area contributed by atoms with E-state index in [1.807, 2.05) is 43.0 Å². The molecule has 1 fully saturated rings. The molecule has 0 saturated carbocycles. The van der Waals surface area contributed by atoms with Crippen LogP contribution in [0.3, 0.4) is 0 Å². The summed E-state index contributed by atoms with van der Waals surface area (Å²) in [6.07, 6.45) is 1.03. The first-order valence-corrected chi connectivity index (χ1v) is 9.04. The standard InChI is InChI=1S/C20H27N3O2/c1-14(2)22-10-5-11-23(13-12-22)20(24)18-8-6-17(7-9-18)19-15(3)21-25-16(19)4/h6-9,14H,5,10-13H2,1-4H3. The number of carbonyl (C=O) groups is 1. The lowest BCUT2D eigenvalue weighted by atomic mass is 10.0. The molecule has 1 aliphatic rings. The molecule has 5 heteroatoms. The smallest absolute Gasteiger partial charge is 0.253 e. The van der Waals surface area contributed by atoms with Crippen LogP contribution in [0.4, 0.5) is 0 Å². The molecule has 0 unspecified atom stereocenters. The lowest BCUT2D eigenvalue weighted by Gasteiger charge is -2.25. The third kappa shape index (κ3) is 3.76. The number of hydrogen-bond acceptors (Lipinski definition) is 4. The van der Waals surface area contributed by atoms with Crippen molar-refractivity contribution in [1.29, 1.82) is 0 Å². The number of hydrogen-bond donors (Lipinski definition) is 0. The normalized spacial score (nSPS) is 16.3. The summed E-state index contributed by atoms with van der Waals surface area (Å²) in [5.74, 6) is 0.925. The van der Waals surface area contributed by atoms with Crippen molar-refractivity contribution in [2.45, 2.75) is 40.2 Å². The number of aryl methyl sites for hydroxylation is 2. The first kappa shape index (κ1) is 17.7. The van der Waals surface area contributed by atoms with Crippen LogP contribution in [0, 0.1) is 13.8 Å². The van der Waals surface area contributed by atoms with Gasteiger partial charge < -0.3 is 9.42 Å². The van der Waals surface area contributed by atoms with Gasteiger partial charge in [0, 0.05) is 43.3 Å². The largest absolute Gasteiger partial charge is 0.361 e. The Hall–Kier alpha value is -2.14. The van der Waals surface area contributed by atoms with Crippen molar-refractivity contribution >= 4 is 5.91 Å². The summed E-state index contributed by atoms with van der Waals surface area (Å²) in [7, 11) is 0. The van der Waals surface area contributed by atoms with Crippen molar-refractivity contribution in [2.75, 3.05) is 26.2 Å². The maximum absolute atomic E-state index is 12.8. The molecule has 1 aromatic carbocycles. The quantitative estimate of drug-likeness (QED) is 0.857. The molecular weight excluding hydrogens is 314 g/mol. The van der Waals surface area contributed by atoms with Crippen molar-refractivity contribution in [3.05, 3.63) is 41.3 Å². The van der Waals surface area contributed by atoms with Gasteiger partial charge in [-0.25, -0.2) is 0 Å². The van der Waals surface area contributed by atoms with Gasteiger partial charge in [-0.2, -0.15) is 0 Å². The van der Waals surface area contributed by atoms with Crippen LogP contribution in [-0.2, 0) is 0 Å². The second kappa shape index (κ2) is 7.40. The van der Waals surface area contributed by atoms with Gasteiger partial charge in [0.1, 0.15) is 5.76 Å². The molecule has 25 heavy (non-hydrogen) atoms. The highest BCUT2D eigenvalue weighted by Gasteiger charge is 2.21. The molecule has 0 N–H and O–H groups in total. The predicted octanol–water partition coefficient (Wildman–Crippen LogP) is 3.51. The molecule has 1 amide bonds. The molecule has 1 aromatic heterocycles. The molecule has 3 rings (SSSR count). The third-order valence-corrected chi connectivity index (χ3v) is 5.00. The molecule has 1 saturated heterocycles. The summed E-state index contributed by atoms with van der Waals surface area (Å²) in [6, 6.07) is 8.32. The van der Waals surface area contributed by atoms with Crippen LogP contribution in [-0.4, -0.2) is 53.1 Å². The van der Waals surface area contributed by atoms with Crippen molar-refractivity contribution in [2.24, 2.45) is 0 Å². The van der Waals surface area contributed by atoms with Crippen LogP contribution in [0.1, 0.15) is 42.1 Å². The Morgan fingerprint density at radius 3 is 2.40 bits per heavy atom. The van der Waals surface area contributed by atoms with Crippen molar-refractivity contribution in [3.8, 4) is 11.1 Å². The van der Waals surface area contributed by atoms with E-state index in [0.29, 0.717) is 6.04 Å². The van der Waals surface area contributed by atoms with Gasteiger partial charge in [0.15, 0.2) is 0 Å². The van der Waals surface area contributed by atoms with E-state index >= 15 is 0 Å². The zero-order valence-corrected chi connectivity index (χ0v) is 15.6. The van der Waals surface area contributed by atoms with Crippen LogP contribution in [0.2, 0.25) is 0 Å². The number of nitrogens with zero attached hydrogens (tertiary/aromatic N) is 3. The highest BCUT2D eigenvalue weighted by atomic mass is 16.5. The number of amides is 1. The minimum Gasteiger partial charge on any atom is -0.361 e. The molecule has 0 atom stereocenters. The van der Waals surface area contributed by atoms with E-state index in [1.165, 1.54) is 0 Å². The van der Waals surface area contributed by atoms with E-state index in [9.17, 15) is 4.79 Å². The Labute approximate surface area is 149 Å².